The molecular formula is C16H16N2O5. The Kier molecular flexibility index (Phi) is 5.51. The molecule has 0 unspecified atom stereocenters. The van der Waals surface area contributed by atoms with Crippen LogP contribution in [0.5, 0.6) is 5.75 Å². The van der Waals surface area contributed by atoms with E-state index in [0.717, 1.165) is 0 Å². The van der Waals surface area contributed by atoms with E-state index in [1.807, 2.05) is 0 Å². The van der Waals surface area contributed by atoms with Gasteiger partial charge in [-0.3, -0.25) is 14.9 Å². The summed E-state index contributed by atoms with van der Waals surface area (Å²) in [5, 5.41) is 4.60. The Morgan fingerprint density at radius 3 is 2.70 bits per heavy atom. The van der Waals surface area contributed by atoms with E-state index in [9.17, 15) is 14.4 Å². The van der Waals surface area contributed by atoms with Crippen LogP contribution in [0, 0.1) is 0 Å². The number of amides is 3. The van der Waals surface area contributed by atoms with Gasteiger partial charge in [0, 0.05) is 5.56 Å². The van der Waals surface area contributed by atoms with E-state index >= 15 is 0 Å². The number of furan rings is 1. The number of ether oxygens (including phenoxy) is 1. The van der Waals surface area contributed by atoms with E-state index in [2.05, 4.69) is 10.6 Å². The van der Waals surface area contributed by atoms with Crippen molar-refractivity contribution in [2.75, 3.05) is 6.61 Å². The van der Waals surface area contributed by atoms with Crippen LogP contribution >= 0.6 is 0 Å². The van der Waals surface area contributed by atoms with Crippen molar-refractivity contribution in [3.63, 3.8) is 0 Å². The number of imide groups is 1. The van der Waals surface area contributed by atoms with Gasteiger partial charge in [0.15, 0.2) is 12.4 Å². The SMILES string of the molecule is CC(=O)c1cccc(OCC(=O)NC(=O)NCc2ccco2)c1. The summed E-state index contributed by atoms with van der Waals surface area (Å²) in [6.07, 6.45) is 1.49. The first kappa shape index (κ1) is 16.3. The molecule has 23 heavy (non-hydrogen) atoms. The van der Waals surface area contributed by atoms with Crippen molar-refractivity contribution < 1.29 is 23.5 Å². The maximum atomic E-state index is 11.6. The first-order valence-electron chi connectivity index (χ1n) is 6.88. The number of rotatable bonds is 6. The zero-order valence-corrected chi connectivity index (χ0v) is 12.5. The number of nitrogens with one attached hydrogen (secondary N) is 2. The first-order chi connectivity index (χ1) is 11.0. The molecule has 7 nitrogen and oxygen atoms in total. The number of benzene rings is 1. The summed E-state index contributed by atoms with van der Waals surface area (Å²) in [4.78, 5) is 34.4. The molecule has 1 heterocycles. The van der Waals surface area contributed by atoms with E-state index in [1.165, 1.54) is 19.3 Å². The van der Waals surface area contributed by atoms with Gasteiger partial charge in [-0.2, -0.15) is 0 Å². The molecule has 0 fully saturated rings. The zero-order chi connectivity index (χ0) is 16.7. The molecule has 120 valence electrons. The molecule has 2 aromatic rings. The van der Waals surface area contributed by atoms with Crippen molar-refractivity contribution in [2.45, 2.75) is 13.5 Å². The highest BCUT2D eigenvalue weighted by atomic mass is 16.5. The van der Waals surface area contributed by atoms with Gasteiger partial charge in [0.1, 0.15) is 11.5 Å². The van der Waals surface area contributed by atoms with Crippen molar-refractivity contribution in [1.29, 1.82) is 0 Å². The highest BCUT2D eigenvalue weighted by Gasteiger charge is 2.09. The molecule has 0 aliphatic rings. The average Bonchev–Trinajstić information content (AvgIpc) is 3.04. The fraction of sp³-hybridized carbons (Fsp3) is 0.188. The quantitative estimate of drug-likeness (QED) is 0.793. The van der Waals surface area contributed by atoms with Gasteiger partial charge >= 0.3 is 6.03 Å². The fourth-order valence-corrected chi connectivity index (χ4v) is 1.74. The van der Waals surface area contributed by atoms with Crippen LogP contribution in [0.3, 0.4) is 0 Å². The van der Waals surface area contributed by atoms with Gasteiger partial charge < -0.3 is 14.5 Å². The summed E-state index contributed by atoms with van der Waals surface area (Å²) in [5.41, 5.74) is 0.485. The summed E-state index contributed by atoms with van der Waals surface area (Å²) in [6, 6.07) is 9.21. The number of urea groups is 1. The van der Waals surface area contributed by atoms with Gasteiger partial charge in [-0.15, -0.1) is 0 Å². The molecule has 2 rings (SSSR count). The third kappa shape index (κ3) is 5.31. The Bertz CT molecular complexity index is 694. The van der Waals surface area contributed by atoms with E-state index in [0.29, 0.717) is 17.1 Å². The predicted molar refractivity (Wildman–Crippen MR) is 81.0 cm³/mol. The third-order valence-electron chi connectivity index (χ3n) is 2.87. The molecule has 0 spiro atoms. The summed E-state index contributed by atoms with van der Waals surface area (Å²) in [6.45, 7) is 1.28. The fourth-order valence-electron chi connectivity index (χ4n) is 1.74. The molecule has 2 N–H and O–H groups in total. The van der Waals surface area contributed by atoms with Crippen LogP contribution in [0.4, 0.5) is 4.79 Å². The number of hydrogen-bond acceptors (Lipinski definition) is 5. The minimum atomic E-state index is -0.646. The molecule has 0 radical (unpaired) electrons. The molecule has 0 aliphatic heterocycles. The number of carbonyl (C=O) groups is 3. The lowest BCUT2D eigenvalue weighted by Gasteiger charge is -2.08. The van der Waals surface area contributed by atoms with Gasteiger partial charge in [-0.25, -0.2) is 4.79 Å². The lowest BCUT2D eigenvalue weighted by molar-refractivity contribution is -0.122. The van der Waals surface area contributed by atoms with E-state index in [4.69, 9.17) is 9.15 Å². The van der Waals surface area contributed by atoms with E-state index in [1.54, 1.807) is 30.3 Å². The third-order valence-corrected chi connectivity index (χ3v) is 2.87. The van der Waals surface area contributed by atoms with Crippen LogP contribution < -0.4 is 15.4 Å². The maximum absolute atomic E-state index is 11.6. The molecule has 0 saturated heterocycles. The predicted octanol–water partition coefficient (Wildman–Crippen LogP) is 1.89. The van der Waals surface area contributed by atoms with Crippen LogP contribution in [0.1, 0.15) is 23.0 Å². The van der Waals surface area contributed by atoms with Crippen molar-refractivity contribution in [3.8, 4) is 5.75 Å². The lowest BCUT2D eigenvalue weighted by Crippen LogP contribution is -2.41. The second-order valence-corrected chi connectivity index (χ2v) is 4.68. The minimum absolute atomic E-state index is 0.0998. The molecule has 1 aromatic carbocycles. The maximum Gasteiger partial charge on any atom is 0.321 e. The van der Waals surface area contributed by atoms with Gasteiger partial charge in [0.2, 0.25) is 0 Å². The molecule has 3 amide bonds. The van der Waals surface area contributed by atoms with Crippen LogP contribution in [-0.2, 0) is 11.3 Å². The summed E-state index contributed by atoms with van der Waals surface area (Å²) >= 11 is 0. The van der Waals surface area contributed by atoms with Gasteiger partial charge in [0.25, 0.3) is 5.91 Å². The molecule has 1 aromatic heterocycles. The van der Waals surface area contributed by atoms with Crippen molar-refractivity contribution in [3.05, 3.63) is 54.0 Å². The normalized spacial score (nSPS) is 9.96. The highest BCUT2D eigenvalue weighted by molar-refractivity contribution is 5.95. The van der Waals surface area contributed by atoms with Crippen molar-refractivity contribution in [1.82, 2.24) is 10.6 Å². The van der Waals surface area contributed by atoms with Crippen LogP contribution in [-0.4, -0.2) is 24.3 Å². The largest absolute Gasteiger partial charge is 0.484 e. The summed E-state index contributed by atoms with van der Waals surface area (Å²) in [7, 11) is 0. The minimum Gasteiger partial charge on any atom is -0.484 e. The van der Waals surface area contributed by atoms with Crippen LogP contribution in [0.25, 0.3) is 0 Å². The first-order valence-corrected chi connectivity index (χ1v) is 6.88. The molecule has 0 atom stereocenters. The molecular weight excluding hydrogens is 300 g/mol. The Labute approximate surface area is 132 Å². The number of hydrogen-bond donors (Lipinski definition) is 2. The number of carbonyl (C=O) groups excluding carboxylic acids is 3. The van der Waals surface area contributed by atoms with E-state index < -0.39 is 11.9 Å². The van der Waals surface area contributed by atoms with Crippen molar-refractivity contribution >= 4 is 17.7 Å². The number of ketones is 1. The van der Waals surface area contributed by atoms with Gasteiger partial charge in [-0.1, -0.05) is 12.1 Å². The molecule has 7 heteroatoms. The smallest absolute Gasteiger partial charge is 0.321 e. The molecule has 0 saturated carbocycles. The highest BCUT2D eigenvalue weighted by Crippen LogP contribution is 2.13. The topological polar surface area (TPSA) is 97.6 Å². The van der Waals surface area contributed by atoms with Crippen LogP contribution in [0.2, 0.25) is 0 Å². The Morgan fingerprint density at radius 2 is 2.00 bits per heavy atom. The zero-order valence-electron chi connectivity index (χ0n) is 12.5. The second-order valence-electron chi connectivity index (χ2n) is 4.68. The summed E-state index contributed by atoms with van der Waals surface area (Å²) in [5.74, 6) is 0.251. The number of Topliss-reactive ketones (excluding diaryl/α,β-unsaturated/α-hetero) is 1. The Balaban J connectivity index is 1.75. The van der Waals surface area contributed by atoms with E-state index in [-0.39, 0.29) is 18.9 Å². The van der Waals surface area contributed by atoms with Crippen LogP contribution in [0.15, 0.2) is 47.1 Å². The second kappa shape index (κ2) is 7.79. The Hall–Kier alpha value is -3.09. The monoisotopic (exact) mass is 316 g/mol. The lowest BCUT2D eigenvalue weighted by atomic mass is 10.1. The average molecular weight is 316 g/mol. The van der Waals surface area contributed by atoms with Gasteiger partial charge in [-0.05, 0) is 31.2 Å². The van der Waals surface area contributed by atoms with Gasteiger partial charge in [0.05, 0.1) is 12.8 Å². The Morgan fingerprint density at radius 1 is 1.17 bits per heavy atom. The van der Waals surface area contributed by atoms with Crippen molar-refractivity contribution in [2.24, 2.45) is 0 Å². The molecule has 0 aliphatic carbocycles. The summed E-state index contributed by atoms with van der Waals surface area (Å²) < 4.78 is 10.3. The molecule has 0 bridgehead atoms. The standard InChI is InChI=1S/C16H16N2O5/c1-11(19)12-4-2-5-13(8-12)23-10-15(20)18-16(21)17-9-14-6-3-7-22-14/h2-8H,9-10H2,1H3,(H2,17,18,20,21).